The second-order valence-electron chi connectivity index (χ2n) is 7.36. The van der Waals surface area contributed by atoms with Crippen LogP contribution in [0, 0.1) is 12.7 Å². The zero-order chi connectivity index (χ0) is 21.9. The van der Waals surface area contributed by atoms with Gasteiger partial charge in [0, 0.05) is 36.4 Å². The average molecular weight is 433 g/mol. The highest BCUT2D eigenvalue weighted by molar-refractivity contribution is 7.90. The Balaban J connectivity index is 1.53. The second-order valence-corrected chi connectivity index (χ2v) is 9.38. The van der Waals surface area contributed by atoms with Crippen LogP contribution in [0.3, 0.4) is 0 Å². The van der Waals surface area contributed by atoms with E-state index in [0.29, 0.717) is 25.3 Å². The van der Waals surface area contributed by atoms with Crippen molar-refractivity contribution in [1.29, 1.82) is 0 Å². The fourth-order valence-electron chi connectivity index (χ4n) is 3.28. The van der Waals surface area contributed by atoms with Crippen LogP contribution in [-0.2, 0) is 21.1 Å². The highest BCUT2D eigenvalue weighted by Gasteiger charge is 2.16. The molecule has 0 saturated heterocycles. The number of sulfone groups is 1. The number of hydrogen-bond donors (Lipinski definition) is 1. The van der Waals surface area contributed by atoms with Crippen molar-refractivity contribution in [1.82, 2.24) is 9.88 Å². The van der Waals surface area contributed by atoms with Gasteiger partial charge >= 0.3 is 0 Å². The number of aryl methyl sites for hydroxylation is 1. The van der Waals surface area contributed by atoms with E-state index >= 15 is 0 Å². The van der Waals surface area contributed by atoms with Gasteiger partial charge in [-0.2, -0.15) is 0 Å². The summed E-state index contributed by atoms with van der Waals surface area (Å²) in [5.41, 5.74) is 2.46. The van der Waals surface area contributed by atoms with E-state index in [4.69, 9.17) is 4.74 Å². The molecule has 2 aromatic carbocycles. The number of nitrogens with zero attached hydrogens (tertiary/aromatic N) is 1. The number of fused-ring (bicyclic) bond motifs is 1. The zero-order valence-corrected chi connectivity index (χ0v) is 18.1. The summed E-state index contributed by atoms with van der Waals surface area (Å²) in [7, 11) is -1.57. The summed E-state index contributed by atoms with van der Waals surface area (Å²) >= 11 is 0. The lowest BCUT2D eigenvalue weighted by Crippen LogP contribution is -2.30. The van der Waals surface area contributed by atoms with Crippen molar-refractivity contribution in [3.05, 3.63) is 59.5 Å². The molecule has 3 rings (SSSR count). The second kappa shape index (κ2) is 8.87. The molecule has 1 heterocycles. The number of rotatable bonds is 8. The lowest BCUT2D eigenvalue weighted by atomic mass is 10.1. The maximum atomic E-state index is 13.6. The van der Waals surface area contributed by atoms with E-state index in [1.807, 2.05) is 6.92 Å². The fraction of sp³-hybridized carbons (Fsp3) is 0.318. The van der Waals surface area contributed by atoms with E-state index in [2.05, 4.69) is 4.98 Å². The molecule has 0 aliphatic rings. The number of hydrogen-bond acceptors (Lipinski definition) is 4. The van der Waals surface area contributed by atoms with Gasteiger partial charge in [-0.05, 0) is 55.3 Å². The summed E-state index contributed by atoms with van der Waals surface area (Å²) in [6.07, 6.45) is 1.92. The predicted octanol–water partition coefficient (Wildman–Crippen LogP) is 3.49. The summed E-state index contributed by atoms with van der Waals surface area (Å²) in [6.45, 7) is 2.71. The Morgan fingerprint density at radius 3 is 2.70 bits per heavy atom. The predicted molar refractivity (Wildman–Crippen MR) is 114 cm³/mol. The summed E-state index contributed by atoms with van der Waals surface area (Å²) < 4.78 is 42.4. The smallest absolute Gasteiger partial charge is 0.226 e. The number of carbonyl (C=O) groups excluding carboxylic acids is 1. The van der Waals surface area contributed by atoms with Crippen molar-refractivity contribution >= 4 is 26.6 Å². The fourth-order valence-corrected chi connectivity index (χ4v) is 3.94. The molecule has 0 saturated carbocycles. The van der Waals surface area contributed by atoms with E-state index in [-0.39, 0.29) is 23.0 Å². The number of halogens is 1. The molecular weight excluding hydrogens is 407 g/mol. The molecule has 0 fully saturated rings. The molecule has 30 heavy (non-hydrogen) atoms. The molecule has 0 aliphatic heterocycles. The Morgan fingerprint density at radius 2 is 1.97 bits per heavy atom. The van der Waals surface area contributed by atoms with Crippen LogP contribution in [0.25, 0.3) is 10.9 Å². The summed E-state index contributed by atoms with van der Waals surface area (Å²) in [5, 5.41) is 0.725. The van der Waals surface area contributed by atoms with Crippen LogP contribution in [0.15, 0.2) is 47.4 Å². The summed E-state index contributed by atoms with van der Waals surface area (Å²) in [4.78, 5) is 17.6. The molecule has 0 spiro atoms. The van der Waals surface area contributed by atoms with Gasteiger partial charge in [-0.3, -0.25) is 4.79 Å². The first kappa shape index (κ1) is 21.8. The molecule has 1 amide bonds. The maximum absolute atomic E-state index is 13.6. The first-order chi connectivity index (χ1) is 14.1. The monoisotopic (exact) mass is 432 g/mol. The standard InChI is InChI=1S/C22H25FN2O4S/c1-15-19(20-12-16(23)8-9-21(20)24-15)14-22(26)25(2)10-5-11-29-17-6-4-7-18(13-17)30(3,27)28/h4,6-9,12-13,24H,5,10-11,14H2,1-3H3. The van der Waals surface area contributed by atoms with E-state index < -0.39 is 9.84 Å². The molecule has 0 aliphatic carbocycles. The van der Waals surface area contributed by atoms with Crippen molar-refractivity contribution < 1.29 is 22.3 Å². The highest BCUT2D eigenvalue weighted by Crippen LogP contribution is 2.24. The number of likely N-dealkylation sites (N-methyl/N-ethyl adjacent to an activating group) is 1. The lowest BCUT2D eigenvalue weighted by Gasteiger charge is -2.17. The summed E-state index contributed by atoms with van der Waals surface area (Å²) in [5.74, 6) is 0.0753. The van der Waals surface area contributed by atoms with Crippen molar-refractivity contribution in [2.75, 3.05) is 26.5 Å². The number of aromatic amines is 1. The van der Waals surface area contributed by atoms with E-state index in [9.17, 15) is 17.6 Å². The Kier molecular flexibility index (Phi) is 6.45. The number of ether oxygens (including phenoxy) is 1. The molecule has 6 nitrogen and oxygen atoms in total. The normalized spacial score (nSPS) is 11.6. The van der Waals surface area contributed by atoms with E-state index in [1.165, 1.54) is 24.3 Å². The minimum Gasteiger partial charge on any atom is -0.493 e. The van der Waals surface area contributed by atoms with Gasteiger partial charge in [-0.1, -0.05) is 6.07 Å². The maximum Gasteiger partial charge on any atom is 0.226 e. The molecule has 0 atom stereocenters. The summed E-state index contributed by atoms with van der Waals surface area (Å²) in [6, 6.07) is 10.8. The topological polar surface area (TPSA) is 79.5 Å². The molecule has 8 heteroatoms. The largest absolute Gasteiger partial charge is 0.493 e. The van der Waals surface area contributed by atoms with Gasteiger partial charge < -0.3 is 14.6 Å². The SMILES string of the molecule is Cc1[nH]c2ccc(F)cc2c1CC(=O)N(C)CCCOc1cccc(S(C)(=O)=O)c1. The van der Waals surface area contributed by atoms with Gasteiger partial charge in [0.05, 0.1) is 17.9 Å². The van der Waals surface area contributed by atoms with Gasteiger partial charge in [0.25, 0.3) is 0 Å². The Morgan fingerprint density at radius 1 is 1.20 bits per heavy atom. The highest BCUT2D eigenvalue weighted by atomic mass is 32.2. The minimum atomic E-state index is -3.29. The Bertz CT molecular complexity index is 1170. The lowest BCUT2D eigenvalue weighted by molar-refractivity contribution is -0.129. The number of aromatic nitrogens is 1. The van der Waals surface area contributed by atoms with Gasteiger partial charge in [-0.25, -0.2) is 12.8 Å². The molecule has 0 bridgehead atoms. The third-order valence-electron chi connectivity index (χ3n) is 4.98. The number of nitrogens with one attached hydrogen (secondary N) is 1. The van der Waals surface area contributed by atoms with Crippen LogP contribution >= 0.6 is 0 Å². The molecule has 0 radical (unpaired) electrons. The van der Waals surface area contributed by atoms with Gasteiger partial charge in [0.1, 0.15) is 11.6 Å². The average Bonchev–Trinajstić information content (AvgIpc) is 2.99. The van der Waals surface area contributed by atoms with Crippen molar-refractivity contribution in [2.24, 2.45) is 0 Å². The quantitative estimate of drug-likeness (QED) is 0.553. The number of H-pyrrole nitrogens is 1. The van der Waals surface area contributed by atoms with Crippen LogP contribution < -0.4 is 4.74 Å². The van der Waals surface area contributed by atoms with Crippen molar-refractivity contribution in [2.45, 2.75) is 24.7 Å². The van der Waals surface area contributed by atoms with Crippen LogP contribution in [-0.4, -0.2) is 50.7 Å². The molecule has 1 N–H and O–H groups in total. The zero-order valence-electron chi connectivity index (χ0n) is 17.2. The van der Waals surface area contributed by atoms with Crippen LogP contribution in [0.4, 0.5) is 4.39 Å². The first-order valence-electron chi connectivity index (χ1n) is 9.59. The first-order valence-corrected chi connectivity index (χ1v) is 11.5. The van der Waals surface area contributed by atoms with Crippen molar-refractivity contribution in [3.63, 3.8) is 0 Å². The minimum absolute atomic E-state index is 0.0673. The molecule has 0 unspecified atom stereocenters. The Hall–Kier alpha value is -2.87. The van der Waals surface area contributed by atoms with Crippen LogP contribution in [0.5, 0.6) is 5.75 Å². The third kappa shape index (κ3) is 5.18. The van der Waals surface area contributed by atoms with E-state index in [1.54, 1.807) is 30.1 Å². The van der Waals surface area contributed by atoms with E-state index in [0.717, 1.165) is 28.4 Å². The number of carbonyl (C=O) groups is 1. The van der Waals surface area contributed by atoms with Crippen LogP contribution in [0.1, 0.15) is 17.7 Å². The number of benzene rings is 2. The number of amides is 1. The van der Waals surface area contributed by atoms with Crippen LogP contribution in [0.2, 0.25) is 0 Å². The van der Waals surface area contributed by atoms with Gasteiger partial charge in [0.2, 0.25) is 5.91 Å². The van der Waals surface area contributed by atoms with Gasteiger partial charge in [0.15, 0.2) is 9.84 Å². The molecule has 1 aromatic heterocycles. The van der Waals surface area contributed by atoms with Crippen molar-refractivity contribution in [3.8, 4) is 5.75 Å². The molecule has 160 valence electrons. The molecule has 3 aromatic rings. The van der Waals surface area contributed by atoms with Gasteiger partial charge in [-0.15, -0.1) is 0 Å². The third-order valence-corrected chi connectivity index (χ3v) is 6.09. The Labute approximate surface area is 175 Å². The molecular formula is C22H25FN2O4S.